The summed E-state index contributed by atoms with van der Waals surface area (Å²) in [5.74, 6) is -2.26. The van der Waals surface area contributed by atoms with E-state index in [0.29, 0.717) is 5.56 Å². The topological polar surface area (TPSA) is 84.9 Å². The molecule has 0 fully saturated rings. The van der Waals surface area contributed by atoms with Crippen LogP contribution < -0.4 is 14.8 Å². The molecule has 0 unspecified atom stereocenters. The number of carboxylic acids is 1. The monoisotopic (exact) mass is 383 g/mol. The molecule has 2 aromatic rings. The molecule has 0 aromatic heterocycles. The molecule has 27 heavy (non-hydrogen) atoms. The lowest BCUT2D eigenvalue weighted by molar-refractivity contribution is -0.275. The zero-order chi connectivity index (χ0) is 20.0. The lowest BCUT2D eigenvalue weighted by Gasteiger charge is -2.14. The number of alkyl halides is 3. The molecule has 0 bridgehead atoms. The molecule has 0 radical (unpaired) electrons. The number of carbonyl (C=O) groups is 2. The normalized spacial score (nSPS) is 11.0. The molecular formula is C18H16F3NO5. The Kier molecular flexibility index (Phi) is 6.27. The smallest absolute Gasteiger partial charge is 0.485 e. The fourth-order valence-corrected chi connectivity index (χ4v) is 2.15. The van der Waals surface area contributed by atoms with E-state index in [0.717, 1.165) is 6.07 Å². The Morgan fingerprint density at radius 3 is 2.37 bits per heavy atom. The Labute approximate surface area is 152 Å². The van der Waals surface area contributed by atoms with Crippen LogP contribution in [0.3, 0.4) is 0 Å². The predicted octanol–water partition coefficient (Wildman–Crippen LogP) is 4.21. The number of carboxylic acid groups (broad SMARTS) is 1. The van der Waals surface area contributed by atoms with E-state index in [9.17, 15) is 27.9 Å². The number of amides is 1. The van der Waals surface area contributed by atoms with Crippen molar-refractivity contribution >= 4 is 17.6 Å². The van der Waals surface area contributed by atoms with Crippen LogP contribution in [0.25, 0.3) is 0 Å². The first-order valence-corrected chi connectivity index (χ1v) is 7.83. The molecule has 0 heterocycles. The fraction of sp³-hybridized carbons (Fsp3) is 0.222. The maximum atomic E-state index is 12.4. The van der Waals surface area contributed by atoms with Crippen LogP contribution in [-0.2, 0) is 11.4 Å². The average molecular weight is 383 g/mol. The van der Waals surface area contributed by atoms with Gasteiger partial charge in [0.15, 0.2) is 11.5 Å². The maximum Gasteiger partial charge on any atom is 0.573 e. The van der Waals surface area contributed by atoms with Gasteiger partial charge in [-0.15, -0.1) is 13.2 Å². The van der Waals surface area contributed by atoms with Crippen molar-refractivity contribution in [2.75, 3.05) is 5.32 Å². The minimum absolute atomic E-state index is 0.124. The molecule has 0 spiro atoms. The van der Waals surface area contributed by atoms with Crippen LogP contribution in [0.5, 0.6) is 11.5 Å². The van der Waals surface area contributed by atoms with Gasteiger partial charge in [0.2, 0.25) is 5.91 Å². The summed E-state index contributed by atoms with van der Waals surface area (Å²) < 4.78 is 46.5. The first kappa shape index (κ1) is 20.1. The van der Waals surface area contributed by atoms with Crippen LogP contribution in [0.2, 0.25) is 0 Å². The molecule has 0 aliphatic carbocycles. The SMILES string of the molecule is CCC(=O)Nc1ccc(COc2ccccc2OC(F)(F)F)cc1C(=O)O. The van der Waals surface area contributed by atoms with E-state index in [-0.39, 0.29) is 35.9 Å². The molecule has 0 atom stereocenters. The summed E-state index contributed by atoms with van der Waals surface area (Å²) in [6, 6.07) is 9.43. The van der Waals surface area contributed by atoms with Gasteiger partial charge in [0, 0.05) is 6.42 Å². The van der Waals surface area contributed by atoms with Crippen LogP contribution in [0.15, 0.2) is 42.5 Å². The van der Waals surface area contributed by atoms with E-state index in [1.165, 1.54) is 36.4 Å². The van der Waals surface area contributed by atoms with Crippen molar-refractivity contribution < 1.29 is 37.3 Å². The van der Waals surface area contributed by atoms with E-state index in [1.54, 1.807) is 6.92 Å². The van der Waals surface area contributed by atoms with E-state index < -0.39 is 18.1 Å². The van der Waals surface area contributed by atoms with Crippen molar-refractivity contribution in [3.8, 4) is 11.5 Å². The van der Waals surface area contributed by atoms with Crippen molar-refractivity contribution in [2.45, 2.75) is 26.3 Å². The highest BCUT2D eigenvalue weighted by Crippen LogP contribution is 2.32. The quantitative estimate of drug-likeness (QED) is 0.748. The number of halogens is 3. The van der Waals surface area contributed by atoms with Crippen LogP contribution in [0.1, 0.15) is 29.3 Å². The number of hydrogen-bond donors (Lipinski definition) is 2. The van der Waals surface area contributed by atoms with Gasteiger partial charge in [0.25, 0.3) is 0 Å². The first-order valence-electron chi connectivity index (χ1n) is 7.83. The number of benzene rings is 2. The minimum atomic E-state index is -4.87. The van der Waals surface area contributed by atoms with Crippen molar-refractivity contribution in [3.05, 3.63) is 53.6 Å². The molecule has 0 aliphatic heterocycles. The molecule has 9 heteroatoms. The van der Waals surface area contributed by atoms with Gasteiger partial charge in [-0.3, -0.25) is 4.79 Å². The van der Waals surface area contributed by atoms with Gasteiger partial charge in [-0.25, -0.2) is 4.79 Å². The molecule has 1 amide bonds. The summed E-state index contributed by atoms with van der Waals surface area (Å²) in [5.41, 5.74) is 0.361. The second-order valence-electron chi connectivity index (χ2n) is 5.37. The third kappa shape index (κ3) is 5.91. The van der Waals surface area contributed by atoms with Crippen LogP contribution in [-0.4, -0.2) is 23.3 Å². The number of anilines is 1. The molecule has 144 valence electrons. The molecule has 0 saturated heterocycles. The first-order chi connectivity index (χ1) is 12.7. The highest BCUT2D eigenvalue weighted by atomic mass is 19.4. The largest absolute Gasteiger partial charge is 0.573 e. The van der Waals surface area contributed by atoms with Crippen molar-refractivity contribution in [2.24, 2.45) is 0 Å². The van der Waals surface area contributed by atoms with Crippen LogP contribution >= 0.6 is 0 Å². The Hall–Kier alpha value is -3.23. The highest BCUT2D eigenvalue weighted by Gasteiger charge is 2.32. The Morgan fingerprint density at radius 1 is 1.11 bits per heavy atom. The molecule has 0 saturated carbocycles. The standard InChI is InChI=1S/C18H16F3NO5/c1-2-16(23)22-13-8-7-11(9-12(13)17(24)25)10-26-14-5-3-4-6-15(14)27-18(19,20)21/h3-9H,2,10H2,1H3,(H,22,23)(H,24,25). The van der Waals surface area contributed by atoms with Gasteiger partial charge in [-0.05, 0) is 29.8 Å². The third-order valence-electron chi connectivity index (χ3n) is 3.38. The van der Waals surface area contributed by atoms with Crippen molar-refractivity contribution in [3.63, 3.8) is 0 Å². The Bertz CT molecular complexity index is 836. The van der Waals surface area contributed by atoms with Gasteiger partial charge >= 0.3 is 12.3 Å². The van der Waals surface area contributed by atoms with Crippen LogP contribution in [0.4, 0.5) is 18.9 Å². The molecule has 2 aromatic carbocycles. The number of hydrogen-bond acceptors (Lipinski definition) is 4. The summed E-state index contributed by atoms with van der Waals surface area (Å²) in [6.07, 6.45) is -4.69. The number of carbonyl (C=O) groups excluding carboxylic acids is 1. The molecule has 2 rings (SSSR count). The van der Waals surface area contributed by atoms with Crippen molar-refractivity contribution in [1.82, 2.24) is 0 Å². The highest BCUT2D eigenvalue weighted by molar-refractivity contribution is 6.00. The van der Waals surface area contributed by atoms with E-state index in [2.05, 4.69) is 10.1 Å². The lowest BCUT2D eigenvalue weighted by atomic mass is 10.1. The van der Waals surface area contributed by atoms with Gasteiger partial charge in [0.05, 0.1) is 11.3 Å². The molecular weight excluding hydrogens is 367 g/mol. The second kappa shape index (κ2) is 8.43. The Morgan fingerprint density at radius 2 is 1.78 bits per heavy atom. The average Bonchev–Trinajstić information content (AvgIpc) is 2.60. The summed E-state index contributed by atoms with van der Waals surface area (Å²) >= 11 is 0. The Balaban J connectivity index is 2.18. The third-order valence-corrected chi connectivity index (χ3v) is 3.38. The summed E-state index contributed by atoms with van der Waals surface area (Å²) in [7, 11) is 0. The van der Waals surface area contributed by atoms with E-state index >= 15 is 0 Å². The van der Waals surface area contributed by atoms with Gasteiger partial charge < -0.3 is 19.9 Å². The number of aromatic carboxylic acids is 1. The summed E-state index contributed by atoms with van der Waals surface area (Å²) in [4.78, 5) is 22.9. The van der Waals surface area contributed by atoms with E-state index in [1.807, 2.05) is 0 Å². The van der Waals surface area contributed by atoms with E-state index in [4.69, 9.17) is 4.74 Å². The maximum absolute atomic E-state index is 12.4. The van der Waals surface area contributed by atoms with Crippen molar-refractivity contribution in [1.29, 1.82) is 0 Å². The van der Waals surface area contributed by atoms with Gasteiger partial charge in [-0.2, -0.15) is 0 Å². The molecule has 2 N–H and O–H groups in total. The minimum Gasteiger partial charge on any atom is -0.485 e. The van der Waals surface area contributed by atoms with Gasteiger partial charge in [-0.1, -0.05) is 25.1 Å². The number of nitrogens with one attached hydrogen (secondary N) is 1. The molecule has 0 aliphatic rings. The predicted molar refractivity (Wildman–Crippen MR) is 89.8 cm³/mol. The number of rotatable bonds is 7. The molecule has 6 nitrogen and oxygen atoms in total. The van der Waals surface area contributed by atoms with Gasteiger partial charge in [0.1, 0.15) is 6.61 Å². The number of para-hydroxylation sites is 2. The zero-order valence-corrected chi connectivity index (χ0v) is 14.2. The number of ether oxygens (including phenoxy) is 2. The summed E-state index contributed by atoms with van der Waals surface area (Å²) in [6.45, 7) is 1.43. The summed E-state index contributed by atoms with van der Waals surface area (Å²) in [5, 5.41) is 11.8. The zero-order valence-electron chi connectivity index (χ0n) is 14.2. The van der Waals surface area contributed by atoms with Crippen LogP contribution in [0, 0.1) is 0 Å². The fourth-order valence-electron chi connectivity index (χ4n) is 2.15. The lowest BCUT2D eigenvalue weighted by Crippen LogP contribution is -2.17. The second-order valence-corrected chi connectivity index (χ2v) is 5.37.